The highest BCUT2D eigenvalue weighted by Crippen LogP contribution is 2.57. The minimum atomic E-state index is -0.527. The molecule has 83 heavy (non-hydrogen) atoms. The van der Waals surface area contributed by atoms with Gasteiger partial charge >= 0.3 is 0 Å². The topological polar surface area (TPSA) is 3.24 Å². The molecule has 1 nitrogen and oxygen atoms in total. The molecule has 13 aromatic rings. The number of anilines is 2. The van der Waals surface area contributed by atoms with Gasteiger partial charge in [0.15, 0.2) is 0 Å². The van der Waals surface area contributed by atoms with Gasteiger partial charge in [-0.2, -0.15) is 0 Å². The number of allylic oxidation sites excluding steroid dienone is 4. The van der Waals surface area contributed by atoms with Crippen LogP contribution in [0.2, 0.25) is 0 Å². The molecule has 1 heteroatoms. The van der Waals surface area contributed by atoms with Crippen molar-refractivity contribution in [3.8, 4) is 66.8 Å². The lowest BCUT2D eigenvalue weighted by molar-refractivity contribution is 0.768. The van der Waals surface area contributed by atoms with Crippen molar-refractivity contribution in [2.45, 2.75) is 5.41 Å². The van der Waals surface area contributed by atoms with Crippen LogP contribution in [0.4, 0.5) is 11.4 Å². The Labute approximate surface area is 486 Å². The van der Waals surface area contributed by atoms with Gasteiger partial charge in [0, 0.05) is 23.5 Å². The predicted octanol–water partition coefficient (Wildman–Crippen LogP) is 21.5. The minimum absolute atomic E-state index is 0.527. The molecule has 1 heterocycles. The summed E-state index contributed by atoms with van der Waals surface area (Å²) in [5.74, 6) is 0. The van der Waals surface area contributed by atoms with Crippen LogP contribution in [-0.2, 0) is 5.41 Å². The maximum Gasteiger partial charge on any atom is 0.0714 e. The number of nitrogens with zero attached hydrogens (tertiary/aromatic N) is 1. The van der Waals surface area contributed by atoms with Gasteiger partial charge in [-0.15, -0.1) is 0 Å². The first-order valence-electron chi connectivity index (χ1n) is 28.8. The number of benzene rings is 13. The summed E-state index contributed by atoms with van der Waals surface area (Å²) in [7, 11) is 0. The van der Waals surface area contributed by atoms with Crippen LogP contribution in [0.25, 0.3) is 99.5 Å². The molecule has 1 aliphatic heterocycles. The summed E-state index contributed by atoms with van der Waals surface area (Å²) in [4.78, 5) is 2.48. The van der Waals surface area contributed by atoms with Crippen LogP contribution in [0.15, 0.2) is 328 Å². The van der Waals surface area contributed by atoms with Crippen molar-refractivity contribution in [1.82, 2.24) is 0 Å². The molecule has 15 rings (SSSR count). The van der Waals surface area contributed by atoms with Gasteiger partial charge in [0.25, 0.3) is 0 Å². The quantitative estimate of drug-likeness (QED) is 0.139. The number of hydrogen-bond donors (Lipinski definition) is 0. The van der Waals surface area contributed by atoms with Crippen LogP contribution >= 0.6 is 0 Å². The molecule has 0 amide bonds. The van der Waals surface area contributed by atoms with Gasteiger partial charge in [-0.3, -0.25) is 0 Å². The molecule has 13 aromatic carbocycles. The van der Waals surface area contributed by atoms with E-state index in [1.807, 2.05) is 0 Å². The average Bonchev–Trinajstić information content (AvgIpc) is 2.84. The molecule has 0 radical (unpaired) electrons. The van der Waals surface area contributed by atoms with Crippen LogP contribution in [0.1, 0.15) is 33.4 Å². The smallest absolute Gasteiger partial charge is 0.0714 e. The fourth-order valence-corrected chi connectivity index (χ4v) is 13.3. The summed E-state index contributed by atoms with van der Waals surface area (Å²) in [6.45, 7) is 5.54. The third-order valence-corrected chi connectivity index (χ3v) is 17.4. The molecule has 0 N–H and O–H groups in total. The lowest BCUT2D eigenvalue weighted by atomic mass is 9.67. The Kier molecular flexibility index (Phi) is 12.4. The molecule has 0 saturated carbocycles. The van der Waals surface area contributed by atoms with Crippen LogP contribution < -0.4 is 4.90 Å². The van der Waals surface area contributed by atoms with Crippen molar-refractivity contribution >= 4 is 44.1 Å². The lowest BCUT2D eigenvalue weighted by Crippen LogP contribution is -2.29. The van der Waals surface area contributed by atoms with Crippen molar-refractivity contribution < 1.29 is 0 Å². The fourth-order valence-electron chi connectivity index (χ4n) is 13.3. The summed E-state index contributed by atoms with van der Waals surface area (Å²) in [6.07, 6.45) is 6.88. The lowest BCUT2D eigenvalue weighted by Gasteiger charge is -2.35. The van der Waals surface area contributed by atoms with Crippen LogP contribution in [0.3, 0.4) is 0 Å². The molecule has 0 bridgehead atoms. The van der Waals surface area contributed by atoms with Gasteiger partial charge in [-0.05, 0) is 158 Å². The largest absolute Gasteiger partial charge is 0.337 e. The van der Waals surface area contributed by atoms with E-state index in [-0.39, 0.29) is 0 Å². The van der Waals surface area contributed by atoms with E-state index in [1.165, 1.54) is 99.4 Å². The molecule has 0 atom stereocenters. The third-order valence-electron chi connectivity index (χ3n) is 17.4. The second kappa shape index (κ2) is 20.8. The average molecular weight is 1060 g/mol. The van der Waals surface area contributed by atoms with Crippen LogP contribution in [0.5, 0.6) is 0 Å². The van der Waals surface area contributed by atoms with Crippen molar-refractivity contribution in [2.75, 3.05) is 11.4 Å². The Morgan fingerprint density at radius 1 is 0.313 bits per heavy atom. The Morgan fingerprint density at radius 2 is 0.747 bits per heavy atom. The maximum absolute atomic E-state index is 4.90. The Hall–Kier alpha value is -10.6. The third kappa shape index (κ3) is 8.74. The van der Waals surface area contributed by atoms with E-state index in [2.05, 4.69) is 326 Å². The molecular weight excluding hydrogens is 999 g/mol. The van der Waals surface area contributed by atoms with Gasteiger partial charge in [-0.25, -0.2) is 0 Å². The highest BCUT2D eigenvalue weighted by molar-refractivity contribution is 5.99. The zero-order valence-electron chi connectivity index (χ0n) is 46.0. The van der Waals surface area contributed by atoms with E-state index < -0.39 is 5.41 Å². The van der Waals surface area contributed by atoms with Gasteiger partial charge in [0.05, 0.1) is 5.41 Å². The summed E-state index contributed by atoms with van der Waals surface area (Å²) >= 11 is 0. The highest BCUT2D eigenvalue weighted by Gasteiger charge is 2.46. The first kappa shape index (κ1) is 49.4. The number of rotatable bonds is 9. The molecule has 390 valence electrons. The van der Waals surface area contributed by atoms with Gasteiger partial charge in [0.2, 0.25) is 0 Å². The van der Waals surface area contributed by atoms with Crippen LogP contribution in [0, 0.1) is 0 Å². The first-order chi connectivity index (χ1) is 41.0. The molecule has 1 aliphatic carbocycles. The highest BCUT2D eigenvalue weighted by atomic mass is 15.1. The van der Waals surface area contributed by atoms with E-state index in [1.54, 1.807) is 0 Å². The normalized spacial score (nSPS) is 14.4. The molecular formula is C82H57N. The van der Waals surface area contributed by atoms with E-state index in [9.17, 15) is 0 Å². The molecule has 0 spiro atoms. The molecule has 0 unspecified atom stereocenters. The van der Waals surface area contributed by atoms with Crippen LogP contribution in [-0.4, -0.2) is 6.54 Å². The molecule has 2 aliphatic rings. The standard InChI is InChI=1S/C82H57N/c1-56-53-67(61-36-32-57(33-37-61)59-40-44-65(45-41-59)74-29-14-19-63-17-8-10-26-72(63)74)21-16-52-83(71-49-50-77-76-28-12-13-31-79(76)82(80(77)55-71,69-22-4-2-5-23-69)70-24-6-3-7-25-70)81-51-48-68(54-78(56)81)62-38-34-58(35-39-62)60-42-46-66(47-43-60)75-30-15-20-64-18-9-11-27-73(64)75/h2-51,53-55H,1,52H2/b21-16-,67-53+. The molecule has 0 aromatic heterocycles. The van der Waals surface area contributed by atoms with Crippen molar-refractivity contribution in [2.24, 2.45) is 0 Å². The van der Waals surface area contributed by atoms with Gasteiger partial charge < -0.3 is 4.90 Å². The Morgan fingerprint density at radius 3 is 1.31 bits per heavy atom. The zero-order chi connectivity index (χ0) is 55.3. The molecule has 0 saturated heterocycles. The Balaban J connectivity index is 0.804. The summed E-state index contributed by atoms with van der Waals surface area (Å²) in [5, 5.41) is 5.04. The van der Waals surface area contributed by atoms with Crippen molar-refractivity contribution in [3.63, 3.8) is 0 Å². The Bertz CT molecular complexity index is 4610. The van der Waals surface area contributed by atoms with Gasteiger partial charge in [-0.1, -0.05) is 298 Å². The summed E-state index contributed by atoms with van der Waals surface area (Å²) < 4.78 is 0. The fraction of sp³-hybridized carbons (Fsp3) is 0.0244. The SMILES string of the molecule is C=C1/C=C(c2ccc(-c3ccc(-c4cccc5ccccc45)cc3)cc2)\C=C/CN(c2ccc3c(c2)C(c2ccccc2)(c2ccccc2)c2ccccc2-3)c2ccc(-c3ccc(-c4ccc(-c5cccc6ccccc56)cc4)cc3)cc21. The molecule has 0 fully saturated rings. The minimum Gasteiger partial charge on any atom is -0.337 e. The van der Waals surface area contributed by atoms with E-state index in [0.717, 1.165) is 44.8 Å². The van der Waals surface area contributed by atoms with E-state index in [0.29, 0.717) is 6.54 Å². The van der Waals surface area contributed by atoms with Gasteiger partial charge in [0.1, 0.15) is 0 Å². The van der Waals surface area contributed by atoms with E-state index in [4.69, 9.17) is 6.58 Å². The summed E-state index contributed by atoms with van der Waals surface area (Å²) in [5.41, 5.74) is 25.5. The second-order valence-corrected chi connectivity index (χ2v) is 22.0. The second-order valence-electron chi connectivity index (χ2n) is 22.0. The summed E-state index contributed by atoms with van der Waals surface area (Å²) in [6, 6.07) is 112. The van der Waals surface area contributed by atoms with Crippen molar-refractivity contribution in [1.29, 1.82) is 0 Å². The first-order valence-corrected chi connectivity index (χ1v) is 28.8. The van der Waals surface area contributed by atoms with Crippen molar-refractivity contribution in [3.05, 3.63) is 362 Å². The zero-order valence-corrected chi connectivity index (χ0v) is 46.0. The predicted molar refractivity (Wildman–Crippen MR) is 352 cm³/mol. The van der Waals surface area contributed by atoms with E-state index >= 15 is 0 Å². The number of hydrogen-bond acceptors (Lipinski definition) is 1. The maximum atomic E-state index is 4.90. The monoisotopic (exact) mass is 1060 g/mol. The number of fused-ring (bicyclic) bond motifs is 6.